The molecule has 0 aliphatic rings. The van der Waals surface area contributed by atoms with Gasteiger partial charge in [0.2, 0.25) is 0 Å². The van der Waals surface area contributed by atoms with E-state index in [-0.39, 0.29) is 6.42 Å². The first-order chi connectivity index (χ1) is 9.58. The monoisotopic (exact) mass is 288 g/mol. The Labute approximate surface area is 119 Å². The first kappa shape index (κ1) is 17.0. The van der Waals surface area contributed by atoms with Crippen molar-refractivity contribution in [2.24, 2.45) is 0 Å². The zero-order valence-corrected chi connectivity index (χ0v) is 12.0. The first-order valence-electron chi connectivity index (χ1n) is 7.59. The third-order valence-corrected chi connectivity index (χ3v) is 3.40. The van der Waals surface area contributed by atoms with Gasteiger partial charge in [-0.3, -0.25) is 0 Å². The maximum Gasteiger partial charge on any atom is 0.389 e. The highest BCUT2D eigenvalue weighted by Crippen LogP contribution is 2.23. The van der Waals surface area contributed by atoms with E-state index in [2.05, 4.69) is 17.0 Å². The topological polar surface area (TPSA) is 3.88 Å². The van der Waals surface area contributed by atoms with Crippen molar-refractivity contribution in [2.45, 2.75) is 70.5 Å². The van der Waals surface area contributed by atoms with E-state index in [1.54, 1.807) is 0 Å². The first-order valence-corrected chi connectivity index (χ1v) is 7.59. The molecule has 0 atom stereocenters. The second-order valence-electron chi connectivity index (χ2n) is 5.31. The van der Waals surface area contributed by atoms with E-state index >= 15 is 0 Å². The van der Waals surface area contributed by atoms with Crippen molar-refractivity contribution >= 4 is 0 Å². The molecule has 0 aromatic carbocycles. The van der Waals surface area contributed by atoms with Gasteiger partial charge in [-0.05, 0) is 12.8 Å². The fourth-order valence-electron chi connectivity index (χ4n) is 2.26. The molecule has 1 rings (SSSR count). The zero-order chi connectivity index (χ0) is 14.7. The summed E-state index contributed by atoms with van der Waals surface area (Å²) in [5.41, 5.74) is 0. The summed E-state index contributed by atoms with van der Waals surface area (Å²) in [4.78, 5) is 0. The molecule has 0 N–H and O–H groups in total. The summed E-state index contributed by atoms with van der Waals surface area (Å²) < 4.78 is 37.9. The molecule has 1 heterocycles. The maximum atomic E-state index is 11.9. The molecule has 0 amide bonds. The van der Waals surface area contributed by atoms with Crippen LogP contribution in [-0.4, -0.2) is 6.18 Å². The van der Waals surface area contributed by atoms with Crippen LogP contribution in [-0.2, 0) is 6.54 Å². The van der Waals surface area contributed by atoms with Gasteiger partial charge in [0.1, 0.15) is 6.54 Å². The van der Waals surface area contributed by atoms with Gasteiger partial charge in [-0.15, -0.1) is 0 Å². The van der Waals surface area contributed by atoms with Gasteiger partial charge in [0.25, 0.3) is 0 Å². The van der Waals surface area contributed by atoms with Crippen molar-refractivity contribution in [1.29, 1.82) is 0 Å². The van der Waals surface area contributed by atoms with Crippen LogP contribution >= 0.6 is 0 Å². The van der Waals surface area contributed by atoms with Crippen molar-refractivity contribution in [1.82, 2.24) is 0 Å². The third-order valence-electron chi connectivity index (χ3n) is 3.40. The number of halogens is 3. The summed E-state index contributed by atoms with van der Waals surface area (Å²) in [5, 5.41) is 0. The summed E-state index contributed by atoms with van der Waals surface area (Å²) in [6.07, 6.45) is 7.23. The molecule has 0 bridgehead atoms. The standard InChI is InChI=1S/C16H25F3N/c17-16(18,19)12-8-5-3-1-2-4-6-9-13-20-14-10-7-11-15-20/h7,10-11,14-15H,1-6,8-9,12-13H2/q+1. The predicted molar refractivity (Wildman–Crippen MR) is 74.2 cm³/mol. The minimum Gasteiger partial charge on any atom is -0.205 e. The molecule has 0 unspecified atom stereocenters. The molecule has 0 radical (unpaired) electrons. The maximum absolute atomic E-state index is 11.9. The highest BCUT2D eigenvalue weighted by atomic mass is 19.4. The SMILES string of the molecule is FC(F)(F)CCCCCCCCCC[n+]1ccccc1. The van der Waals surface area contributed by atoms with Gasteiger partial charge in [-0.25, -0.2) is 4.57 Å². The lowest BCUT2D eigenvalue weighted by Crippen LogP contribution is -2.32. The van der Waals surface area contributed by atoms with Crippen LogP contribution < -0.4 is 4.57 Å². The van der Waals surface area contributed by atoms with Gasteiger partial charge in [0.05, 0.1) is 0 Å². The normalized spacial score (nSPS) is 11.8. The van der Waals surface area contributed by atoms with Crippen LogP contribution in [0.1, 0.15) is 57.8 Å². The van der Waals surface area contributed by atoms with E-state index in [1.165, 1.54) is 19.3 Å². The van der Waals surface area contributed by atoms with Crippen LogP contribution in [0.25, 0.3) is 0 Å². The number of aryl methyl sites for hydroxylation is 1. The number of hydrogen-bond acceptors (Lipinski definition) is 0. The molecule has 0 spiro atoms. The van der Waals surface area contributed by atoms with Crippen LogP contribution in [0.3, 0.4) is 0 Å². The lowest BCUT2D eigenvalue weighted by Gasteiger charge is -2.05. The lowest BCUT2D eigenvalue weighted by atomic mass is 10.1. The fraction of sp³-hybridized carbons (Fsp3) is 0.688. The van der Waals surface area contributed by atoms with Gasteiger partial charge in [0.15, 0.2) is 12.4 Å². The van der Waals surface area contributed by atoms with E-state index in [0.29, 0.717) is 6.42 Å². The Morgan fingerprint density at radius 1 is 0.650 bits per heavy atom. The fourth-order valence-corrected chi connectivity index (χ4v) is 2.26. The van der Waals surface area contributed by atoms with E-state index < -0.39 is 12.6 Å². The molecule has 4 heteroatoms. The van der Waals surface area contributed by atoms with Crippen molar-refractivity contribution in [3.05, 3.63) is 30.6 Å². The minimum absolute atomic E-state index is 0.286. The van der Waals surface area contributed by atoms with Crippen LogP contribution in [0, 0.1) is 0 Å². The number of unbranched alkanes of at least 4 members (excludes halogenated alkanes) is 7. The highest BCUT2D eigenvalue weighted by Gasteiger charge is 2.25. The van der Waals surface area contributed by atoms with Gasteiger partial charge in [-0.2, -0.15) is 13.2 Å². The lowest BCUT2D eigenvalue weighted by molar-refractivity contribution is -0.697. The molecule has 0 aliphatic heterocycles. The summed E-state index contributed by atoms with van der Waals surface area (Å²) in [7, 11) is 0. The van der Waals surface area contributed by atoms with Gasteiger partial charge >= 0.3 is 6.18 Å². The van der Waals surface area contributed by atoms with Crippen molar-refractivity contribution in [3.8, 4) is 0 Å². The predicted octanol–water partition coefficient (Wildman–Crippen LogP) is 5.05. The Morgan fingerprint density at radius 3 is 1.70 bits per heavy atom. The van der Waals surface area contributed by atoms with Gasteiger partial charge in [-0.1, -0.05) is 38.2 Å². The van der Waals surface area contributed by atoms with Crippen LogP contribution in [0.2, 0.25) is 0 Å². The van der Waals surface area contributed by atoms with Gasteiger partial charge < -0.3 is 0 Å². The van der Waals surface area contributed by atoms with Crippen molar-refractivity contribution in [2.75, 3.05) is 0 Å². The number of nitrogens with zero attached hydrogens (tertiary/aromatic N) is 1. The summed E-state index contributed by atoms with van der Waals surface area (Å²) in [6.45, 7) is 1.05. The summed E-state index contributed by atoms with van der Waals surface area (Å²) >= 11 is 0. The van der Waals surface area contributed by atoms with E-state index in [1.807, 2.05) is 18.2 Å². The Balaban J connectivity index is 1.83. The quantitative estimate of drug-likeness (QED) is 0.419. The van der Waals surface area contributed by atoms with Crippen molar-refractivity contribution in [3.63, 3.8) is 0 Å². The minimum atomic E-state index is -3.98. The van der Waals surface area contributed by atoms with E-state index in [9.17, 15) is 13.2 Å². The smallest absolute Gasteiger partial charge is 0.205 e. The molecule has 0 saturated carbocycles. The number of alkyl halides is 3. The molecule has 0 aliphatic carbocycles. The van der Waals surface area contributed by atoms with E-state index in [0.717, 1.165) is 25.8 Å². The van der Waals surface area contributed by atoms with Crippen LogP contribution in [0.5, 0.6) is 0 Å². The Morgan fingerprint density at radius 2 is 1.15 bits per heavy atom. The van der Waals surface area contributed by atoms with Crippen LogP contribution in [0.15, 0.2) is 30.6 Å². The average Bonchev–Trinajstić information content (AvgIpc) is 2.41. The molecular formula is C16H25F3N+. The number of hydrogen-bond donors (Lipinski definition) is 0. The van der Waals surface area contributed by atoms with E-state index in [4.69, 9.17) is 0 Å². The second-order valence-corrected chi connectivity index (χ2v) is 5.31. The Kier molecular flexibility index (Phi) is 8.31. The highest BCUT2D eigenvalue weighted by molar-refractivity contribution is 4.83. The van der Waals surface area contributed by atoms with Crippen LogP contribution in [0.4, 0.5) is 13.2 Å². The summed E-state index contributed by atoms with van der Waals surface area (Å²) in [5.74, 6) is 0. The molecular weight excluding hydrogens is 263 g/mol. The molecule has 0 fully saturated rings. The Hall–Kier alpha value is -1.06. The third kappa shape index (κ3) is 9.82. The summed E-state index contributed by atoms with van der Waals surface area (Å²) in [6, 6.07) is 6.07. The largest absolute Gasteiger partial charge is 0.389 e. The molecule has 20 heavy (non-hydrogen) atoms. The van der Waals surface area contributed by atoms with Crippen molar-refractivity contribution < 1.29 is 17.7 Å². The molecule has 1 aromatic rings. The number of aromatic nitrogens is 1. The molecule has 114 valence electrons. The molecule has 1 aromatic heterocycles. The molecule has 0 saturated heterocycles. The van der Waals surface area contributed by atoms with Gasteiger partial charge in [0, 0.05) is 25.0 Å². The zero-order valence-electron chi connectivity index (χ0n) is 12.0. The Bertz CT molecular complexity index is 335. The number of pyridine rings is 1. The molecule has 1 nitrogen and oxygen atoms in total. The average molecular weight is 288 g/mol. The second kappa shape index (κ2) is 9.78. The number of rotatable bonds is 10.